The standard InChI is InChI=1S/C16H12Cl2N2O2/c1-10-4-5-20-8-14(19-15(20)6-10)16(21)22-9-11-2-3-12(17)7-13(11)18/h2-8H,9H2,1H3. The highest BCUT2D eigenvalue weighted by Crippen LogP contribution is 2.22. The van der Waals surface area contributed by atoms with Crippen LogP contribution in [0.5, 0.6) is 0 Å². The van der Waals surface area contributed by atoms with E-state index < -0.39 is 5.97 Å². The summed E-state index contributed by atoms with van der Waals surface area (Å²) in [5, 5.41) is 1.00. The van der Waals surface area contributed by atoms with Gasteiger partial charge in [0.1, 0.15) is 12.3 Å². The van der Waals surface area contributed by atoms with Crippen LogP contribution in [0.15, 0.2) is 42.7 Å². The quantitative estimate of drug-likeness (QED) is 0.670. The number of aromatic nitrogens is 2. The van der Waals surface area contributed by atoms with Gasteiger partial charge >= 0.3 is 5.97 Å². The average Bonchev–Trinajstić information content (AvgIpc) is 2.89. The molecule has 0 atom stereocenters. The van der Waals surface area contributed by atoms with Gasteiger partial charge in [0.2, 0.25) is 0 Å². The summed E-state index contributed by atoms with van der Waals surface area (Å²) in [5.74, 6) is -0.493. The van der Waals surface area contributed by atoms with Crippen molar-refractivity contribution in [2.45, 2.75) is 13.5 Å². The molecule has 0 saturated heterocycles. The van der Waals surface area contributed by atoms with Crippen molar-refractivity contribution in [2.24, 2.45) is 0 Å². The van der Waals surface area contributed by atoms with Crippen molar-refractivity contribution >= 4 is 34.8 Å². The van der Waals surface area contributed by atoms with Gasteiger partial charge in [-0.3, -0.25) is 0 Å². The number of carbonyl (C=O) groups is 1. The third kappa shape index (κ3) is 3.08. The summed E-state index contributed by atoms with van der Waals surface area (Å²) in [6.07, 6.45) is 3.49. The lowest BCUT2D eigenvalue weighted by molar-refractivity contribution is 0.0466. The molecule has 22 heavy (non-hydrogen) atoms. The average molecular weight is 335 g/mol. The number of ether oxygens (including phenoxy) is 1. The highest BCUT2D eigenvalue weighted by molar-refractivity contribution is 6.35. The van der Waals surface area contributed by atoms with Crippen molar-refractivity contribution in [3.8, 4) is 0 Å². The molecule has 4 nitrogen and oxygen atoms in total. The maximum atomic E-state index is 12.1. The lowest BCUT2D eigenvalue weighted by Gasteiger charge is -2.05. The number of hydrogen-bond acceptors (Lipinski definition) is 3. The van der Waals surface area contributed by atoms with Crippen LogP contribution in [0.3, 0.4) is 0 Å². The SMILES string of the molecule is Cc1ccn2cc(C(=O)OCc3ccc(Cl)cc3Cl)nc2c1. The van der Waals surface area contributed by atoms with E-state index in [9.17, 15) is 4.79 Å². The molecular formula is C16H12Cl2N2O2. The number of rotatable bonds is 3. The summed E-state index contributed by atoms with van der Waals surface area (Å²) in [6, 6.07) is 8.87. The Morgan fingerprint density at radius 1 is 1.27 bits per heavy atom. The van der Waals surface area contributed by atoms with Gasteiger partial charge < -0.3 is 9.14 Å². The Bertz CT molecular complexity index is 858. The second kappa shape index (κ2) is 5.99. The molecule has 0 aliphatic carbocycles. The molecule has 0 N–H and O–H groups in total. The zero-order valence-corrected chi connectivity index (χ0v) is 13.2. The minimum absolute atomic E-state index is 0.0712. The van der Waals surface area contributed by atoms with Crippen LogP contribution in [-0.4, -0.2) is 15.4 Å². The fourth-order valence-electron chi connectivity index (χ4n) is 2.04. The number of pyridine rings is 1. The first-order valence-electron chi connectivity index (χ1n) is 6.59. The third-order valence-corrected chi connectivity index (χ3v) is 3.79. The number of imidazole rings is 1. The van der Waals surface area contributed by atoms with Crippen molar-refractivity contribution in [1.82, 2.24) is 9.38 Å². The minimum Gasteiger partial charge on any atom is -0.456 e. The van der Waals surface area contributed by atoms with E-state index in [1.54, 1.807) is 28.8 Å². The predicted octanol–water partition coefficient (Wildman–Crippen LogP) is 4.31. The van der Waals surface area contributed by atoms with Crippen molar-refractivity contribution in [2.75, 3.05) is 0 Å². The summed E-state index contributed by atoms with van der Waals surface area (Å²) in [6.45, 7) is 2.04. The van der Waals surface area contributed by atoms with Crippen molar-refractivity contribution in [3.05, 3.63) is 69.6 Å². The largest absolute Gasteiger partial charge is 0.456 e. The zero-order chi connectivity index (χ0) is 15.7. The molecular weight excluding hydrogens is 323 g/mol. The number of halogens is 2. The third-order valence-electron chi connectivity index (χ3n) is 3.20. The molecule has 0 fully saturated rings. The fourth-order valence-corrected chi connectivity index (χ4v) is 2.50. The van der Waals surface area contributed by atoms with E-state index in [4.69, 9.17) is 27.9 Å². The van der Waals surface area contributed by atoms with Crippen LogP contribution in [0.2, 0.25) is 10.0 Å². The van der Waals surface area contributed by atoms with Crippen LogP contribution in [0.1, 0.15) is 21.6 Å². The van der Waals surface area contributed by atoms with E-state index in [2.05, 4.69) is 4.98 Å². The molecule has 0 radical (unpaired) electrons. The summed E-state index contributed by atoms with van der Waals surface area (Å²) in [4.78, 5) is 16.3. The van der Waals surface area contributed by atoms with E-state index in [0.717, 1.165) is 5.56 Å². The van der Waals surface area contributed by atoms with Gasteiger partial charge in [0.15, 0.2) is 5.69 Å². The molecule has 1 aromatic carbocycles. The smallest absolute Gasteiger partial charge is 0.358 e. The first-order chi connectivity index (χ1) is 10.5. The molecule has 3 aromatic rings. The lowest BCUT2D eigenvalue weighted by Crippen LogP contribution is -2.05. The predicted molar refractivity (Wildman–Crippen MR) is 85.5 cm³/mol. The van der Waals surface area contributed by atoms with Gasteiger partial charge in [-0.25, -0.2) is 9.78 Å². The fraction of sp³-hybridized carbons (Fsp3) is 0.125. The van der Waals surface area contributed by atoms with Crippen molar-refractivity contribution < 1.29 is 9.53 Å². The van der Waals surface area contributed by atoms with Crippen LogP contribution >= 0.6 is 23.2 Å². The van der Waals surface area contributed by atoms with E-state index >= 15 is 0 Å². The maximum Gasteiger partial charge on any atom is 0.358 e. The van der Waals surface area contributed by atoms with Crippen molar-refractivity contribution in [1.29, 1.82) is 0 Å². The molecule has 0 unspecified atom stereocenters. The topological polar surface area (TPSA) is 43.6 Å². The van der Waals surface area contributed by atoms with Gasteiger partial charge in [-0.15, -0.1) is 0 Å². The van der Waals surface area contributed by atoms with Gasteiger partial charge in [-0.05, 0) is 36.8 Å². The Balaban J connectivity index is 1.75. The number of nitrogens with zero attached hydrogens (tertiary/aromatic N) is 2. The first kappa shape index (κ1) is 14.9. The molecule has 6 heteroatoms. The molecule has 0 saturated carbocycles. The Morgan fingerprint density at radius 2 is 2.09 bits per heavy atom. The Kier molecular flexibility index (Phi) is 4.05. The van der Waals surface area contributed by atoms with E-state index in [0.29, 0.717) is 21.3 Å². The lowest BCUT2D eigenvalue weighted by atomic mass is 10.2. The molecule has 0 aliphatic heterocycles. The molecule has 112 valence electrons. The molecule has 2 heterocycles. The second-order valence-corrected chi connectivity index (χ2v) is 5.75. The Labute approximate surface area is 137 Å². The Morgan fingerprint density at radius 3 is 2.86 bits per heavy atom. The summed E-state index contributed by atoms with van der Waals surface area (Å²) in [7, 11) is 0. The zero-order valence-electron chi connectivity index (χ0n) is 11.7. The summed E-state index contributed by atoms with van der Waals surface area (Å²) >= 11 is 11.9. The molecule has 2 aromatic heterocycles. The van der Waals surface area contributed by atoms with Crippen LogP contribution in [0, 0.1) is 6.92 Å². The van der Waals surface area contributed by atoms with Crippen LogP contribution in [0.4, 0.5) is 0 Å². The van der Waals surface area contributed by atoms with E-state index in [-0.39, 0.29) is 12.3 Å². The number of carbonyl (C=O) groups excluding carboxylic acids is 1. The number of hydrogen-bond donors (Lipinski definition) is 0. The first-order valence-corrected chi connectivity index (χ1v) is 7.35. The van der Waals surface area contributed by atoms with E-state index in [1.165, 1.54) is 0 Å². The van der Waals surface area contributed by atoms with Gasteiger partial charge in [0, 0.05) is 28.0 Å². The van der Waals surface area contributed by atoms with Gasteiger partial charge in [0.25, 0.3) is 0 Å². The van der Waals surface area contributed by atoms with Gasteiger partial charge in [-0.1, -0.05) is 29.3 Å². The van der Waals surface area contributed by atoms with Crippen LogP contribution in [0.25, 0.3) is 5.65 Å². The molecule has 0 spiro atoms. The number of aryl methyl sites for hydroxylation is 1. The van der Waals surface area contributed by atoms with E-state index in [1.807, 2.05) is 25.3 Å². The minimum atomic E-state index is -0.493. The van der Waals surface area contributed by atoms with Gasteiger partial charge in [-0.2, -0.15) is 0 Å². The Hall–Kier alpha value is -2.04. The van der Waals surface area contributed by atoms with Gasteiger partial charge in [0.05, 0.1) is 0 Å². The molecule has 0 bridgehead atoms. The molecule has 3 rings (SSSR count). The summed E-state index contributed by atoms with van der Waals surface area (Å²) in [5.41, 5.74) is 2.73. The second-order valence-electron chi connectivity index (χ2n) is 4.91. The highest BCUT2D eigenvalue weighted by atomic mass is 35.5. The van der Waals surface area contributed by atoms with Crippen molar-refractivity contribution in [3.63, 3.8) is 0 Å². The highest BCUT2D eigenvalue weighted by Gasteiger charge is 2.13. The maximum absolute atomic E-state index is 12.1. The number of esters is 1. The van der Waals surface area contributed by atoms with Crippen LogP contribution < -0.4 is 0 Å². The normalized spacial score (nSPS) is 10.9. The number of fused-ring (bicyclic) bond motifs is 1. The monoisotopic (exact) mass is 334 g/mol. The number of benzene rings is 1. The molecule has 0 aliphatic rings. The molecule has 0 amide bonds. The van der Waals surface area contributed by atoms with Crippen LogP contribution in [-0.2, 0) is 11.3 Å². The summed E-state index contributed by atoms with van der Waals surface area (Å²) < 4.78 is 7.03.